The van der Waals surface area contributed by atoms with Gasteiger partial charge in [0, 0.05) is 24.6 Å². The number of hydrogen-bond donors (Lipinski definition) is 4. The Kier molecular flexibility index (Phi) is 8.29. The highest BCUT2D eigenvalue weighted by atomic mass is 31.3. The number of H-pyrrole nitrogens is 1. The minimum atomic E-state index is -5.59. The van der Waals surface area contributed by atoms with E-state index in [4.69, 9.17) is 9.47 Å². The minimum absolute atomic E-state index is 0.157. The Labute approximate surface area is 198 Å². The van der Waals surface area contributed by atoms with Gasteiger partial charge >= 0.3 is 5.69 Å². The van der Waals surface area contributed by atoms with Crippen molar-refractivity contribution in [1.82, 2.24) is 9.55 Å². The van der Waals surface area contributed by atoms with Crippen LogP contribution in [0.1, 0.15) is 38.5 Å². The molecule has 1 aromatic heterocycles. The zero-order chi connectivity index (χ0) is 26.3. The lowest BCUT2D eigenvalue weighted by Gasteiger charge is -2.43. The van der Waals surface area contributed by atoms with Gasteiger partial charge in [0.2, 0.25) is 0 Å². The maximum Gasteiger partial charge on any atom is 0.330 e. The lowest BCUT2D eigenvalue weighted by atomic mass is 9.89. The van der Waals surface area contributed by atoms with Crippen molar-refractivity contribution >= 4 is 15.6 Å². The molecule has 2 aliphatic heterocycles. The molecule has 9 atom stereocenters. The van der Waals surface area contributed by atoms with E-state index in [9.17, 15) is 43.8 Å². The smallest absolute Gasteiger partial charge is 0.330 e. The maximum absolute atomic E-state index is 12.1. The monoisotopic (exact) mass is 544 g/mol. The molecular formula is C17H26N2O14P2-2. The van der Waals surface area contributed by atoms with Gasteiger partial charge in [0.15, 0.2) is 6.29 Å². The first kappa shape index (κ1) is 28.3. The predicted octanol–water partition coefficient (Wildman–Crippen LogP) is -2.27. The normalized spacial score (nSPS) is 37.0. The van der Waals surface area contributed by atoms with Crippen molar-refractivity contribution in [2.75, 3.05) is 6.61 Å². The molecule has 0 saturated carbocycles. The van der Waals surface area contributed by atoms with Gasteiger partial charge in [-0.3, -0.25) is 28.0 Å². The molecular weight excluding hydrogens is 518 g/mol. The number of aromatic amines is 1. The summed E-state index contributed by atoms with van der Waals surface area (Å²) in [6, 6.07) is 0. The van der Waals surface area contributed by atoms with Crippen LogP contribution in [0.25, 0.3) is 0 Å². The highest BCUT2D eigenvalue weighted by Gasteiger charge is 2.45. The molecule has 1 aromatic rings. The van der Waals surface area contributed by atoms with E-state index in [2.05, 4.69) is 18.3 Å². The second-order valence-corrected chi connectivity index (χ2v) is 11.5. The van der Waals surface area contributed by atoms with Crippen molar-refractivity contribution < 1.29 is 57.1 Å². The highest BCUT2D eigenvalue weighted by Crippen LogP contribution is 2.57. The number of ether oxygens (including phenoxy) is 2. The second-order valence-electron chi connectivity index (χ2n) is 8.57. The largest absolute Gasteiger partial charge is 0.756 e. The molecule has 16 nitrogen and oxygen atoms in total. The van der Waals surface area contributed by atoms with Gasteiger partial charge in [0.1, 0.15) is 18.4 Å². The summed E-state index contributed by atoms with van der Waals surface area (Å²) in [4.78, 5) is 49.7. The molecule has 0 radical (unpaired) electrons. The summed E-state index contributed by atoms with van der Waals surface area (Å²) in [6.07, 6.45) is -7.15. The van der Waals surface area contributed by atoms with Gasteiger partial charge in [-0.2, -0.15) is 0 Å². The Morgan fingerprint density at radius 1 is 1.26 bits per heavy atom. The Balaban J connectivity index is 1.58. The Hall–Kier alpha value is -1.26. The van der Waals surface area contributed by atoms with Crippen LogP contribution in [0.5, 0.6) is 0 Å². The highest BCUT2D eigenvalue weighted by molar-refractivity contribution is 7.59. The lowest BCUT2D eigenvalue weighted by molar-refractivity contribution is -0.285. The zero-order valence-corrected chi connectivity index (χ0v) is 20.6. The first-order chi connectivity index (χ1) is 16.0. The fourth-order valence-electron chi connectivity index (χ4n) is 3.70. The van der Waals surface area contributed by atoms with E-state index in [0.717, 1.165) is 4.57 Å². The molecule has 2 fully saturated rings. The Morgan fingerprint density at radius 3 is 2.54 bits per heavy atom. The van der Waals surface area contributed by atoms with Crippen LogP contribution in [0.4, 0.5) is 0 Å². The molecule has 0 bridgehead atoms. The molecule has 0 aromatic carbocycles. The van der Waals surface area contributed by atoms with Crippen molar-refractivity contribution in [2.45, 2.75) is 76.1 Å². The van der Waals surface area contributed by atoms with E-state index < -0.39 is 82.5 Å². The van der Waals surface area contributed by atoms with Crippen LogP contribution in [0.15, 0.2) is 15.8 Å². The number of nitrogens with one attached hydrogen (secondary N) is 1. The number of phosphoric acid groups is 2. The second kappa shape index (κ2) is 10.2. The number of aliphatic hydroxyl groups is 3. The number of aliphatic hydroxyl groups excluding tert-OH is 2. The summed E-state index contributed by atoms with van der Waals surface area (Å²) < 4.78 is 48.7. The molecule has 200 valence electrons. The van der Waals surface area contributed by atoms with Crippen LogP contribution >= 0.6 is 15.6 Å². The van der Waals surface area contributed by atoms with E-state index in [1.807, 2.05) is 0 Å². The predicted molar refractivity (Wildman–Crippen MR) is 110 cm³/mol. The van der Waals surface area contributed by atoms with Crippen LogP contribution < -0.4 is 21.0 Å². The first-order valence-corrected chi connectivity index (χ1v) is 13.3. The standard InChI is InChI=1S/C17H28N2O14P2/c1-8-6-19(16(23)18-15(8)22)12-4-10(20)11(31-12)7-29-34(25,26)33-35(27,28)32-13-5-17(3,24)14(21)9(2)30-13/h6,9-14,20-21,24H,4-5,7H2,1-3H3,(H,25,26)(H,27,28)(H,18,22,23)/p-2/t9-,10+,11-,12-,13-,14-,17+/m1/s1. The molecule has 3 rings (SSSR count). The third-order valence-corrected chi connectivity index (χ3v) is 8.09. The molecule has 2 unspecified atom stereocenters. The van der Waals surface area contributed by atoms with Gasteiger partial charge in [0.25, 0.3) is 21.2 Å². The summed E-state index contributed by atoms with van der Waals surface area (Å²) in [5.41, 5.74) is -3.00. The molecule has 2 aliphatic rings. The van der Waals surface area contributed by atoms with E-state index in [1.54, 1.807) is 0 Å². The molecule has 2 saturated heterocycles. The number of aromatic nitrogens is 2. The van der Waals surface area contributed by atoms with Gasteiger partial charge in [-0.1, -0.05) is 0 Å². The topological polar surface area (TPSA) is 242 Å². The molecule has 35 heavy (non-hydrogen) atoms. The van der Waals surface area contributed by atoms with Crippen molar-refractivity contribution in [3.05, 3.63) is 32.6 Å². The zero-order valence-electron chi connectivity index (χ0n) is 18.8. The minimum Gasteiger partial charge on any atom is -0.756 e. The van der Waals surface area contributed by atoms with Gasteiger partial charge in [-0.25, -0.2) is 9.11 Å². The summed E-state index contributed by atoms with van der Waals surface area (Å²) in [5.74, 6) is 0. The van der Waals surface area contributed by atoms with Crippen molar-refractivity contribution in [3.63, 3.8) is 0 Å². The average molecular weight is 544 g/mol. The summed E-state index contributed by atoms with van der Waals surface area (Å²) in [5, 5.41) is 30.1. The van der Waals surface area contributed by atoms with E-state index in [1.165, 1.54) is 27.0 Å². The summed E-state index contributed by atoms with van der Waals surface area (Å²) >= 11 is 0. The number of hydrogen-bond acceptors (Lipinski definition) is 14. The van der Waals surface area contributed by atoms with Gasteiger partial charge in [-0.15, -0.1) is 0 Å². The van der Waals surface area contributed by atoms with Crippen LogP contribution in [-0.2, 0) is 32.0 Å². The van der Waals surface area contributed by atoms with Crippen molar-refractivity contribution in [3.8, 4) is 0 Å². The van der Waals surface area contributed by atoms with Crippen LogP contribution in [0.3, 0.4) is 0 Å². The summed E-state index contributed by atoms with van der Waals surface area (Å²) in [7, 11) is -11.2. The molecule has 3 heterocycles. The SMILES string of the molecule is Cc1cn([C@H]2C[C@H](O)[C@@H](COP(=O)([O-])OP(=O)([O-])O[C@@H]3C[C@](C)(O)[C@H](O)[C@@H](C)O3)O2)c(=O)[nH]c1=O. The Bertz CT molecular complexity index is 1130. The fraction of sp³-hybridized carbons (Fsp3) is 0.765. The van der Waals surface area contributed by atoms with Crippen molar-refractivity contribution in [1.29, 1.82) is 0 Å². The van der Waals surface area contributed by atoms with Crippen LogP contribution in [0.2, 0.25) is 0 Å². The quantitative estimate of drug-likeness (QED) is 0.252. The molecule has 18 heteroatoms. The third kappa shape index (κ3) is 6.95. The average Bonchev–Trinajstić information content (AvgIpc) is 3.06. The fourth-order valence-corrected chi connectivity index (χ4v) is 5.76. The molecule has 0 aliphatic carbocycles. The van der Waals surface area contributed by atoms with Gasteiger partial charge < -0.3 is 39.1 Å². The lowest BCUT2D eigenvalue weighted by Crippen LogP contribution is -2.55. The third-order valence-electron chi connectivity index (χ3n) is 5.53. The molecule has 0 spiro atoms. The number of phosphoric ester groups is 2. The summed E-state index contributed by atoms with van der Waals surface area (Å²) in [6.45, 7) is 3.13. The van der Waals surface area contributed by atoms with Gasteiger partial charge in [-0.05, 0) is 20.8 Å². The van der Waals surface area contributed by atoms with Crippen LogP contribution in [0, 0.1) is 6.92 Å². The van der Waals surface area contributed by atoms with E-state index in [-0.39, 0.29) is 12.0 Å². The number of aryl methyl sites for hydroxylation is 1. The first-order valence-electron chi connectivity index (χ1n) is 10.4. The number of rotatable bonds is 8. The van der Waals surface area contributed by atoms with E-state index in [0.29, 0.717) is 0 Å². The maximum atomic E-state index is 12.1. The van der Waals surface area contributed by atoms with Crippen LogP contribution in [-0.4, -0.2) is 67.8 Å². The molecule has 4 N–H and O–H groups in total. The van der Waals surface area contributed by atoms with Gasteiger partial charge in [0.05, 0.1) is 24.4 Å². The van der Waals surface area contributed by atoms with Crippen molar-refractivity contribution in [2.24, 2.45) is 0 Å². The van der Waals surface area contributed by atoms with E-state index >= 15 is 0 Å². The number of nitrogens with zero attached hydrogens (tertiary/aromatic N) is 1. The molecule has 0 amide bonds. The Morgan fingerprint density at radius 2 is 1.91 bits per heavy atom.